The van der Waals surface area contributed by atoms with Gasteiger partial charge < -0.3 is 14.2 Å². The van der Waals surface area contributed by atoms with Crippen molar-refractivity contribution in [3.8, 4) is 23.3 Å². The second-order valence-electron chi connectivity index (χ2n) is 6.72. The average molecular weight is 362 g/mol. The van der Waals surface area contributed by atoms with Gasteiger partial charge in [-0.2, -0.15) is 0 Å². The summed E-state index contributed by atoms with van der Waals surface area (Å²) in [5, 5.41) is 0. The summed E-state index contributed by atoms with van der Waals surface area (Å²) in [6.45, 7) is 9.55. The van der Waals surface area contributed by atoms with Crippen molar-refractivity contribution in [1.82, 2.24) is 0 Å². The summed E-state index contributed by atoms with van der Waals surface area (Å²) in [5.41, 5.74) is 3.27. The van der Waals surface area contributed by atoms with E-state index in [0.29, 0.717) is 19.4 Å². The highest BCUT2D eigenvalue weighted by Crippen LogP contribution is 2.16. The van der Waals surface area contributed by atoms with Gasteiger partial charge in [0.2, 0.25) is 0 Å². The zero-order chi connectivity index (χ0) is 18.9. The molecule has 6 heteroatoms. The fraction of sp³-hybridized carbons (Fsp3) is 0.579. The Bertz CT molecular complexity index is 624. The molecule has 0 aromatic rings. The molecule has 0 unspecified atom stereocenters. The van der Waals surface area contributed by atoms with E-state index in [4.69, 9.17) is 14.2 Å². The molecule has 25 heavy (non-hydrogen) atoms. The minimum atomic E-state index is -1.49. The molecule has 0 bridgehead atoms. The first-order valence-corrected chi connectivity index (χ1v) is 11.8. The number of carbonyl (C=O) groups excluding carboxylic acids is 2. The summed E-state index contributed by atoms with van der Waals surface area (Å²) >= 11 is 0. The molecule has 0 amide bonds. The van der Waals surface area contributed by atoms with Gasteiger partial charge in [-0.1, -0.05) is 31.5 Å². The molecule has 3 atom stereocenters. The highest BCUT2D eigenvalue weighted by Gasteiger charge is 2.27. The van der Waals surface area contributed by atoms with Gasteiger partial charge in [0.05, 0.1) is 6.61 Å². The van der Waals surface area contributed by atoms with E-state index in [1.807, 2.05) is 0 Å². The van der Waals surface area contributed by atoms with E-state index in [2.05, 4.69) is 42.9 Å². The zero-order valence-electron chi connectivity index (χ0n) is 15.5. The van der Waals surface area contributed by atoms with Crippen LogP contribution in [0.5, 0.6) is 0 Å². The first-order valence-electron chi connectivity index (χ1n) is 8.33. The predicted octanol–water partition coefficient (Wildman–Crippen LogP) is 2.47. The lowest BCUT2D eigenvalue weighted by Gasteiger charge is -2.26. The zero-order valence-corrected chi connectivity index (χ0v) is 16.5. The van der Waals surface area contributed by atoms with Crippen LogP contribution in [0.2, 0.25) is 19.6 Å². The fourth-order valence-corrected chi connectivity index (χ4v) is 2.50. The van der Waals surface area contributed by atoms with Crippen LogP contribution in [0, 0.1) is 23.3 Å². The van der Waals surface area contributed by atoms with Crippen LogP contribution in [-0.2, 0) is 23.8 Å². The van der Waals surface area contributed by atoms with Gasteiger partial charge in [0.15, 0.2) is 12.2 Å². The van der Waals surface area contributed by atoms with Crippen LogP contribution >= 0.6 is 0 Å². The highest BCUT2D eigenvalue weighted by atomic mass is 28.3. The van der Waals surface area contributed by atoms with Gasteiger partial charge >= 0.3 is 11.9 Å². The van der Waals surface area contributed by atoms with Crippen molar-refractivity contribution >= 4 is 20.0 Å². The van der Waals surface area contributed by atoms with E-state index in [0.717, 1.165) is 0 Å². The van der Waals surface area contributed by atoms with Gasteiger partial charge in [0, 0.05) is 20.3 Å². The molecule has 0 N–H and O–H groups in total. The average Bonchev–Trinajstić information content (AvgIpc) is 2.49. The first-order chi connectivity index (χ1) is 11.7. The van der Waals surface area contributed by atoms with Gasteiger partial charge in [-0.05, 0) is 18.6 Å². The van der Waals surface area contributed by atoms with Crippen LogP contribution in [0.3, 0.4) is 0 Å². The summed E-state index contributed by atoms with van der Waals surface area (Å²) in [5.74, 6) is 8.43. The van der Waals surface area contributed by atoms with Crippen molar-refractivity contribution in [1.29, 1.82) is 0 Å². The topological polar surface area (TPSA) is 61.8 Å². The minimum Gasteiger partial charge on any atom is -0.466 e. The second kappa shape index (κ2) is 10.1. The molecule has 0 spiro atoms. The summed E-state index contributed by atoms with van der Waals surface area (Å²) < 4.78 is 16.0. The van der Waals surface area contributed by atoms with Crippen molar-refractivity contribution in [2.24, 2.45) is 0 Å². The van der Waals surface area contributed by atoms with Gasteiger partial charge in [-0.15, -0.1) is 11.5 Å². The fourth-order valence-electron chi connectivity index (χ4n) is 1.92. The van der Waals surface area contributed by atoms with E-state index in [1.165, 1.54) is 13.8 Å². The third kappa shape index (κ3) is 9.76. The molecule has 5 nitrogen and oxygen atoms in total. The highest BCUT2D eigenvalue weighted by molar-refractivity contribution is 6.83. The largest absolute Gasteiger partial charge is 0.466 e. The molecule has 0 saturated carbocycles. The van der Waals surface area contributed by atoms with E-state index < -0.39 is 20.3 Å². The van der Waals surface area contributed by atoms with E-state index >= 15 is 0 Å². The van der Waals surface area contributed by atoms with Crippen molar-refractivity contribution < 1.29 is 23.8 Å². The van der Waals surface area contributed by atoms with Crippen LogP contribution < -0.4 is 0 Å². The maximum atomic E-state index is 11.2. The van der Waals surface area contributed by atoms with E-state index in [9.17, 15) is 9.59 Å². The molecule has 0 aliphatic carbocycles. The lowest BCUT2D eigenvalue weighted by Crippen LogP contribution is -2.36. The Morgan fingerprint density at radius 2 is 1.84 bits per heavy atom. The quantitative estimate of drug-likeness (QED) is 0.253. The molecular weight excluding hydrogens is 336 g/mol. The Hall–Kier alpha value is -2.02. The van der Waals surface area contributed by atoms with Crippen molar-refractivity contribution in [3.63, 3.8) is 0 Å². The summed E-state index contributed by atoms with van der Waals surface area (Å²) in [4.78, 5) is 21.9. The number of rotatable bonds is 4. The smallest absolute Gasteiger partial charge is 0.303 e. The molecule has 136 valence electrons. The lowest BCUT2D eigenvalue weighted by atomic mass is 10.1. The normalized spacial score (nSPS) is 22.0. The molecule has 0 aromatic carbocycles. The van der Waals surface area contributed by atoms with Crippen molar-refractivity contribution in [3.05, 3.63) is 12.2 Å². The van der Waals surface area contributed by atoms with Gasteiger partial charge in [-0.25, -0.2) is 0 Å². The van der Waals surface area contributed by atoms with Crippen molar-refractivity contribution in [2.75, 3.05) is 6.61 Å². The standard InChI is InChI=1S/C19H26O5Si/c1-15(20)22-13-8-6-7-9-18-19(23-16(2)21)11-10-17(24-18)12-14-25(3,4)5/h10-11,17-19H,6,8,13H2,1-5H3/t17-,18+,19-/m0/s1. The molecule has 1 heterocycles. The second-order valence-corrected chi connectivity index (χ2v) is 11.5. The molecule has 0 fully saturated rings. The molecule has 1 rings (SSSR count). The van der Waals surface area contributed by atoms with Crippen LogP contribution in [-0.4, -0.2) is 44.9 Å². The number of unbranched alkanes of at least 4 members (excludes halogenated alkanes) is 1. The third-order valence-corrected chi connectivity index (χ3v) is 3.85. The van der Waals surface area contributed by atoms with Gasteiger partial charge in [0.25, 0.3) is 0 Å². The van der Waals surface area contributed by atoms with Crippen LogP contribution in [0.15, 0.2) is 12.2 Å². The number of carbonyl (C=O) groups is 2. The number of ether oxygens (including phenoxy) is 3. The lowest BCUT2D eigenvalue weighted by molar-refractivity contribution is -0.150. The third-order valence-electron chi connectivity index (χ3n) is 2.95. The molecule has 0 aromatic heterocycles. The van der Waals surface area contributed by atoms with Crippen molar-refractivity contribution in [2.45, 2.75) is 64.6 Å². The molecule has 1 aliphatic heterocycles. The van der Waals surface area contributed by atoms with E-state index in [-0.39, 0.29) is 18.0 Å². The number of esters is 2. The number of hydrogen-bond acceptors (Lipinski definition) is 5. The van der Waals surface area contributed by atoms with Crippen LogP contribution in [0.1, 0.15) is 26.7 Å². The summed E-state index contributed by atoms with van der Waals surface area (Å²) in [7, 11) is -1.49. The maximum Gasteiger partial charge on any atom is 0.303 e. The van der Waals surface area contributed by atoms with Crippen LogP contribution in [0.25, 0.3) is 0 Å². The maximum absolute atomic E-state index is 11.2. The molecule has 0 saturated heterocycles. The van der Waals surface area contributed by atoms with E-state index in [1.54, 1.807) is 12.2 Å². The van der Waals surface area contributed by atoms with Gasteiger partial charge in [0.1, 0.15) is 14.2 Å². The Kier molecular flexibility index (Phi) is 8.47. The molecule has 1 aliphatic rings. The number of hydrogen-bond donors (Lipinski definition) is 0. The predicted molar refractivity (Wildman–Crippen MR) is 98.1 cm³/mol. The Morgan fingerprint density at radius 3 is 2.44 bits per heavy atom. The monoisotopic (exact) mass is 362 g/mol. The summed E-state index contributed by atoms with van der Waals surface area (Å²) in [6.07, 6.45) is 3.36. The van der Waals surface area contributed by atoms with Crippen LogP contribution in [0.4, 0.5) is 0 Å². The van der Waals surface area contributed by atoms with Gasteiger partial charge in [-0.3, -0.25) is 9.59 Å². The summed E-state index contributed by atoms with van der Waals surface area (Å²) in [6, 6.07) is 0. The molecular formula is C19H26O5Si. The molecule has 0 radical (unpaired) electrons. The minimum absolute atomic E-state index is 0.299. The SMILES string of the molecule is CC(=O)OCCCC#C[C@H]1O[C@H](C#C[Si](C)(C)C)C=C[C@@H]1OC(C)=O. The first kappa shape index (κ1) is 21.0. The Balaban J connectivity index is 2.70. The Morgan fingerprint density at radius 1 is 1.12 bits per heavy atom. The Labute approximate surface area is 151 Å².